The molecule has 3 nitrogen and oxygen atoms in total. The molecule has 0 saturated heterocycles. The number of nitrogens with one attached hydrogen (secondary N) is 1. The van der Waals surface area contributed by atoms with E-state index < -0.39 is 17.7 Å². The van der Waals surface area contributed by atoms with Gasteiger partial charge in [0.1, 0.15) is 0 Å². The maximum absolute atomic E-state index is 12.9. The van der Waals surface area contributed by atoms with Gasteiger partial charge in [-0.05, 0) is 48.5 Å². The van der Waals surface area contributed by atoms with E-state index in [0.717, 1.165) is 17.7 Å². The van der Waals surface area contributed by atoms with E-state index in [1.165, 1.54) is 24.3 Å². The predicted octanol–water partition coefficient (Wildman–Crippen LogP) is 5.55. The van der Waals surface area contributed by atoms with Gasteiger partial charge < -0.3 is 10.4 Å². The average Bonchev–Trinajstić information content (AvgIpc) is 2.67. The van der Waals surface area contributed by atoms with Crippen molar-refractivity contribution in [2.24, 2.45) is 0 Å². The topological polar surface area (TPSA) is 49.3 Å². The summed E-state index contributed by atoms with van der Waals surface area (Å²) in [6.45, 7) is 0. The molecule has 0 atom stereocenters. The molecular weight excluding hydrogens is 367 g/mol. The molecule has 28 heavy (non-hydrogen) atoms. The lowest BCUT2D eigenvalue weighted by Crippen LogP contribution is -2.06. The first-order valence-corrected chi connectivity index (χ1v) is 8.21. The second kappa shape index (κ2) is 7.89. The Bertz CT molecular complexity index is 1060. The smallest absolute Gasteiger partial charge is 0.416 e. The lowest BCUT2D eigenvalue weighted by atomic mass is 10.1. The molecule has 2 N–H and O–H groups in total. The Hall–Kier alpha value is -3.72. The van der Waals surface area contributed by atoms with Crippen LogP contribution in [0.4, 0.5) is 24.5 Å². The molecule has 6 heteroatoms. The Balaban J connectivity index is 1.95. The van der Waals surface area contributed by atoms with Crippen LogP contribution in [0.3, 0.4) is 0 Å². The second-order valence-corrected chi connectivity index (χ2v) is 5.89. The monoisotopic (exact) mass is 381 g/mol. The number of anilines is 2. The van der Waals surface area contributed by atoms with Crippen LogP contribution in [-0.4, -0.2) is 11.1 Å². The van der Waals surface area contributed by atoms with Gasteiger partial charge in [-0.2, -0.15) is 13.2 Å². The zero-order valence-electron chi connectivity index (χ0n) is 14.4. The Morgan fingerprint density at radius 2 is 1.57 bits per heavy atom. The number of rotatable bonds is 3. The van der Waals surface area contributed by atoms with Crippen LogP contribution in [0.15, 0.2) is 72.8 Å². The molecule has 0 aliphatic heterocycles. The molecule has 3 aromatic rings. The number of hydrogen-bond donors (Lipinski definition) is 2. The summed E-state index contributed by atoms with van der Waals surface area (Å²) >= 11 is 0. The van der Waals surface area contributed by atoms with Crippen LogP contribution in [-0.2, 0) is 6.18 Å². The Morgan fingerprint density at radius 1 is 0.857 bits per heavy atom. The lowest BCUT2D eigenvalue weighted by molar-refractivity contribution is -0.137. The zero-order chi connectivity index (χ0) is 20.1. The van der Waals surface area contributed by atoms with Crippen molar-refractivity contribution in [3.8, 4) is 11.8 Å². The van der Waals surface area contributed by atoms with Crippen LogP contribution < -0.4 is 5.32 Å². The fourth-order valence-corrected chi connectivity index (χ4v) is 2.51. The summed E-state index contributed by atoms with van der Waals surface area (Å²) in [7, 11) is 0. The van der Waals surface area contributed by atoms with Gasteiger partial charge in [0.25, 0.3) is 0 Å². The van der Waals surface area contributed by atoms with E-state index in [-0.39, 0.29) is 16.9 Å². The number of carbonyl (C=O) groups is 1. The number of aromatic carboxylic acids is 1. The normalized spacial score (nSPS) is 10.7. The molecule has 0 aliphatic carbocycles. The average molecular weight is 381 g/mol. The molecule has 0 spiro atoms. The zero-order valence-corrected chi connectivity index (χ0v) is 14.4. The fourth-order valence-electron chi connectivity index (χ4n) is 2.51. The van der Waals surface area contributed by atoms with Gasteiger partial charge in [-0.3, -0.25) is 0 Å². The highest BCUT2D eigenvalue weighted by molar-refractivity contribution is 5.95. The second-order valence-electron chi connectivity index (χ2n) is 5.89. The molecule has 3 rings (SSSR count). The van der Waals surface area contributed by atoms with Crippen molar-refractivity contribution in [2.45, 2.75) is 6.18 Å². The Labute approximate surface area is 159 Å². The number of carboxylic acids is 1. The van der Waals surface area contributed by atoms with Crippen LogP contribution in [0.25, 0.3) is 0 Å². The first-order valence-electron chi connectivity index (χ1n) is 8.21. The Morgan fingerprint density at radius 3 is 2.25 bits per heavy atom. The number of benzene rings is 3. The molecule has 0 unspecified atom stereocenters. The summed E-state index contributed by atoms with van der Waals surface area (Å²) in [5.41, 5.74) is 0.717. The van der Waals surface area contributed by atoms with Gasteiger partial charge in [0.2, 0.25) is 0 Å². The van der Waals surface area contributed by atoms with Crippen LogP contribution in [0.5, 0.6) is 0 Å². The number of hydrogen-bond acceptors (Lipinski definition) is 2. The minimum atomic E-state index is -4.49. The first kappa shape index (κ1) is 19.1. The van der Waals surface area contributed by atoms with Gasteiger partial charge >= 0.3 is 12.1 Å². The largest absolute Gasteiger partial charge is 0.478 e. The van der Waals surface area contributed by atoms with Crippen LogP contribution >= 0.6 is 0 Å². The third kappa shape index (κ3) is 4.71. The quantitative estimate of drug-likeness (QED) is 0.585. The van der Waals surface area contributed by atoms with Crippen LogP contribution in [0.2, 0.25) is 0 Å². The summed E-state index contributed by atoms with van der Waals surface area (Å²) in [6, 6.07) is 18.2. The molecule has 3 aromatic carbocycles. The molecule has 0 radical (unpaired) electrons. The third-order valence-corrected chi connectivity index (χ3v) is 3.84. The number of carboxylic acid groups (broad SMARTS) is 1. The SMILES string of the molecule is O=C(O)c1ccc(C#Cc2ccccc2)cc1Nc1cccc(C(F)(F)F)c1. The van der Waals surface area contributed by atoms with Gasteiger partial charge in [0.15, 0.2) is 0 Å². The molecular formula is C22H14F3NO2. The standard InChI is InChI=1S/C22H14F3NO2/c23-22(24,25)17-7-4-8-18(14-17)26-20-13-16(11-12-19(20)21(27)28)10-9-15-5-2-1-3-6-15/h1-8,11-14,26H,(H,27,28). The van der Waals surface area contributed by atoms with E-state index >= 15 is 0 Å². The molecule has 0 saturated carbocycles. The summed E-state index contributed by atoms with van der Waals surface area (Å²) < 4.78 is 38.7. The molecule has 0 bridgehead atoms. The van der Waals surface area contributed by atoms with Gasteiger partial charge in [0.05, 0.1) is 16.8 Å². The highest BCUT2D eigenvalue weighted by atomic mass is 19.4. The number of halogens is 3. The highest BCUT2D eigenvalue weighted by Gasteiger charge is 2.30. The van der Waals surface area contributed by atoms with Crippen molar-refractivity contribution in [1.29, 1.82) is 0 Å². The van der Waals surface area contributed by atoms with Crippen LogP contribution in [0.1, 0.15) is 27.0 Å². The minimum absolute atomic E-state index is 0.0670. The number of alkyl halides is 3. The minimum Gasteiger partial charge on any atom is -0.478 e. The van der Waals surface area contributed by atoms with Crippen molar-refractivity contribution < 1.29 is 23.1 Å². The van der Waals surface area contributed by atoms with Crippen LogP contribution in [0, 0.1) is 11.8 Å². The van der Waals surface area contributed by atoms with Crippen molar-refractivity contribution in [3.05, 3.63) is 95.1 Å². The van der Waals surface area contributed by atoms with E-state index in [2.05, 4.69) is 17.2 Å². The maximum atomic E-state index is 12.9. The predicted molar refractivity (Wildman–Crippen MR) is 101 cm³/mol. The van der Waals surface area contributed by atoms with Crippen molar-refractivity contribution in [2.75, 3.05) is 5.32 Å². The molecule has 0 aromatic heterocycles. The van der Waals surface area contributed by atoms with Crippen molar-refractivity contribution in [3.63, 3.8) is 0 Å². The molecule has 0 amide bonds. The fraction of sp³-hybridized carbons (Fsp3) is 0.0455. The summed E-state index contributed by atoms with van der Waals surface area (Å²) in [6.07, 6.45) is -4.49. The molecule has 0 heterocycles. The molecule has 0 fully saturated rings. The Kier molecular flexibility index (Phi) is 5.37. The molecule has 0 aliphatic rings. The van der Waals surface area contributed by atoms with Gasteiger partial charge in [-0.25, -0.2) is 4.79 Å². The van der Waals surface area contributed by atoms with E-state index in [1.807, 2.05) is 30.3 Å². The summed E-state index contributed by atoms with van der Waals surface area (Å²) in [4.78, 5) is 11.5. The van der Waals surface area contributed by atoms with E-state index in [0.29, 0.717) is 5.56 Å². The maximum Gasteiger partial charge on any atom is 0.416 e. The first-order chi connectivity index (χ1) is 13.3. The third-order valence-electron chi connectivity index (χ3n) is 3.84. The summed E-state index contributed by atoms with van der Waals surface area (Å²) in [5.74, 6) is 4.68. The van der Waals surface area contributed by atoms with E-state index in [1.54, 1.807) is 6.07 Å². The van der Waals surface area contributed by atoms with Crippen molar-refractivity contribution >= 4 is 17.3 Å². The van der Waals surface area contributed by atoms with E-state index in [4.69, 9.17) is 0 Å². The van der Waals surface area contributed by atoms with Gasteiger partial charge in [0, 0.05) is 16.8 Å². The highest BCUT2D eigenvalue weighted by Crippen LogP contribution is 2.32. The van der Waals surface area contributed by atoms with Gasteiger partial charge in [-0.15, -0.1) is 0 Å². The summed E-state index contributed by atoms with van der Waals surface area (Å²) in [5, 5.41) is 12.1. The molecule has 140 valence electrons. The lowest BCUT2D eigenvalue weighted by Gasteiger charge is -2.13. The van der Waals surface area contributed by atoms with Gasteiger partial charge in [-0.1, -0.05) is 36.1 Å². The van der Waals surface area contributed by atoms with Crippen molar-refractivity contribution in [1.82, 2.24) is 0 Å². The van der Waals surface area contributed by atoms with E-state index in [9.17, 15) is 23.1 Å².